The lowest BCUT2D eigenvalue weighted by Crippen LogP contribution is -2.48. The summed E-state index contributed by atoms with van der Waals surface area (Å²) in [4.78, 5) is 19.2. The highest BCUT2D eigenvalue weighted by Gasteiger charge is 2.35. The number of carbonyl (C=O) groups is 1. The Hall–Kier alpha value is -1.46. The molecule has 2 fully saturated rings. The number of piperidine rings is 1. The minimum Gasteiger partial charge on any atom is -0.383 e. The number of hydrogen-bond donors (Lipinski definition) is 2. The van der Waals surface area contributed by atoms with Gasteiger partial charge in [0, 0.05) is 24.2 Å². The van der Waals surface area contributed by atoms with Crippen LogP contribution < -0.4 is 11.1 Å². The number of nitrogen functional groups attached to an aromatic ring is 1. The minimum atomic E-state index is 0.0766. The fourth-order valence-electron chi connectivity index (χ4n) is 3.62. The number of anilines is 1. The summed E-state index contributed by atoms with van der Waals surface area (Å²) < 4.78 is 0. The monoisotopic (exact) mass is 288 g/mol. The zero-order valence-electron chi connectivity index (χ0n) is 12.4. The Labute approximate surface area is 125 Å². The number of pyridine rings is 1. The van der Waals surface area contributed by atoms with Crippen LogP contribution in [0, 0.1) is 0 Å². The van der Waals surface area contributed by atoms with Crippen LogP contribution in [-0.2, 0) is 11.2 Å². The van der Waals surface area contributed by atoms with E-state index in [0.29, 0.717) is 24.1 Å². The van der Waals surface area contributed by atoms with E-state index in [1.165, 1.54) is 0 Å². The first-order valence-corrected chi connectivity index (χ1v) is 7.94. The number of Topliss-reactive ketones (excluding diaryl/α,β-unsaturated/α-hetero) is 1. The zero-order valence-corrected chi connectivity index (χ0v) is 12.4. The standard InChI is InChI=1S/C16H24N4O/c17-16-12(3-1-7-19-16)11-15(21)14-4-2-10-20(14)13-5-8-18-9-6-13/h1,3,7,13-14,18H,2,4-6,8-11H2,(H2,17,19). The van der Waals surface area contributed by atoms with Crippen LogP contribution in [0.3, 0.4) is 0 Å². The molecule has 2 saturated heterocycles. The molecule has 0 spiro atoms. The van der Waals surface area contributed by atoms with Crippen LogP contribution in [0.5, 0.6) is 0 Å². The van der Waals surface area contributed by atoms with Crippen LogP contribution in [0.1, 0.15) is 31.2 Å². The molecule has 3 N–H and O–H groups in total. The summed E-state index contributed by atoms with van der Waals surface area (Å²) >= 11 is 0. The predicted molar refractivity (Wildman–Crippen MR) is 83.0 cm³/mol. The van der Waals surface area contributed by atoms with E-state index in [0.717, 1.165) is 50.9 Å². The van der Waals surface area contributed by atoms with Crippen molar-refractivity contribution in [3.05, 3.63) is 23.9 Å². The van der Waals surface area contributed by atoms with Crippen molar-refractivity contribution in [1.82, 2.24) is 15.2 Å². The van der Waals surface area contributed by atoms with Gasteiger partial charge in [-0.25, -0.2) is 4.98 Å². The molecule has 0 bridgehead atoms. The highest BCUT2D eigenvalue weighted by Crippen LogP contribution is 2.26. The third kappa shape index (κ3) is 3.24. The first-order valence-electron chi connectivity index (χ1n) is 7.94. The summed E-state index contributed by atoms with van der Waals surface area (Å²) in [6, 6.07) is 4.39. The van der Waals surface area contributed by atoms with E-state index in [-0.39, 0.29) is 6.04 Å². The van der Waals surface area contributed by atoms with Gasteiger partial charge in [-0.05, 0) is 51.4 Å². The molecule has 5 heteroatoms. The van der Waals surface area contributed by atoms with Crippen LogP contribution in [0.25, 0.3) is 0 Å². The van der Waals surface area contributed by atoms with E-state index in [4.69, 9.17) is 5.73 Å². The van der Waals surface area contributed by atoms with Crippen molar-refractivity contribution < 1.29 is 4.79 Å². The first kappa shape index (κ1) is 14.5. The molecule has 1 atom stereocenters. The summed E-state index contributed by atoms with van der Waals surface area (Å²) in [6.45, 7) is 3.19. The second kappa shape index (κ2) is 6.54. The number of likely N-dealkylation sites (tertiary alicyclic amines) is 1. The summed E-state index contributed by atoms with van der Waals surface area (Å²) in [7, 11) is 0. The van der Waals surface area contributed by atoms with Crippen molar-refractivity contribution in [2.75, 3.05) is 25.4 Å². The number of hydrogen-bond acceptors (Lipinski definition) is 5. The number of carbonyl (C=O) groups excluding carboxylic acids is 1. The van der Waals surface area contributed by atoms with Gasteiger partial charge in [0.15, 0.2) is 5.78 Å². The van der Waals surface area contributed by atoms with Crippen molar-refractivity contribution in [3.63, 3.8) is 0 Å². The molecule has 5 nitrogen and oxygen atoms in total. The normalized spacial score (nSPS) is 24.3. The molecule has 0 aromatic carbocycles. The van der Waals surface area contributed by atoms with E-state index in [1.54, 1.807) is 6.20 Å². The Morgan fingerprint density at radius 1 is 1.38 bits per heavy atom. The summed E-state index contributed by atoms with van der Waals surface area (Å²) in [5.41, 5.74) is 6.72. The molecule has 1 unspecified atom stereocenters. The molecule has 3 heterocycles. The largest absolute Gasteiger partial charge is 0.383 e. The molecule has 2 aliphatic rings. The summed E-state index contributed by atoms with van der Waals surface area (Å²) in [6.07, 6.45) is 6.50. The number of ketones is 1. The SMILES string of the molecule is Nc1ncccc1CC(=O)C1CCCN1C1CCNCC1. The minimum absolute atomic E-state index is 0.0766. The van der Waals surface area contributed by atoms with E-state index >= 15 is 0 Å². The van der Waals surface area contributed by atoms with E-state index in [2.05, 4.69) is 15.2 Å². The molecule has 0 saturated carbocycles. The number of nitrogens with two attached hydrogens (primary N) is 1. The van der Waals surface area contributed by atoms with E-state index in [1.807, 2.05) is 12.1 Å². The quantitative estimate of drug-likeness (QED) is 0.864. The highest BCUT2D eigenvalue weighted by molar-refractivity contribution is 5.87. The van der Waals surface area contributed by atoms with E-state index < -0.39 is 0 Å². The van der Waals surface area contributed by atoms with Crippen molar-refractivity contribution in [3.8, 4) is 0 Å². The molecular weight excluding hydrogens is 264 g/mol. The Morgan fingerprint density at radius 2 is 2.19 bits per heavy atom. The van der Waals surface area contributed by atoms with Gasteiger partial charge in [0.1, 0.15) is 5.82 Å². The zero-order chi connectivity index (χ0) is 14.7. The van der Waals surface area contributed by atoms with Crippen molar-refractivity contribution in [1.29, 1.82) is 0 Å². The maximum Gasteiger partial charge on any atom is 0.154 e. The van der Waals surface area contributed by atoms with Crippen LogP contribution in [0.2, 0.25) is 0 Å². The average Bonchev–Trinajstić information content (AvgIpc) is 3.00. The van der Waals surface area contributed by atoms with Crippen molar-refractivity contribution in [2.24, 2.45) is 0 Å². The maximum absolute atomic E-state index is 12.7. The Kier molecular flexibility index (Phi) is 4.51. The highest BCUT2D eigenvalue weighted by atomic mass is 16.1. The fraction of sp³-hybridized carbons (Fsp3) is 0.625. The molecule has 1 aromatic rings. The lowest BCUT2D eigenvalue weighted by Gasteiger charge is -2.35. The van der Waals surface area contributed by atoms with Gasteiger partial charge in [-0.3, -0.25) is 9.69 Å². The number of nitrogens with zero attached hydrogens (tertiary/aromatic N) is 2. The second-order valence-corrected chi connectivity index (χ2v) is 6.07. The molecule has 0 radical (unpaired) electrons. The molecule has 0 aliphatic carbocycles. The van der Waals surface area contributed by atoms with Gasteiger partial charge in [-0.15, -0.1) is 0 Å². The molecule has 1 aromatic heterocycles. The molecule has 0 amide bonds. The number of nitrogens with one attached hydrogen (secondary N) is 1. The average molecular weight is 288 g/mol. The fourth-order valence-corrected chi connectivity index (χ4v) is 3.62. The summed E-state index contributed by atoms with van der Waals surface area (Å²) in [5, 5.41) is 3.39. The molecular formula is C16H24N4O. The molecule has 3 rings (SSSR count). The van der Waals surface area contributed by atoms with Gasteiger partial charge in [0.05, 0.1) is 6.04 Å². The lowest BCUT2D eigenvalue weighted by molar-refractivity contribution is -0.123. The second-order valence-electron chi connectivity index (χ2n) is 6.07. The first-order chi connectivity index (χ1) is 10.3. The van der Waals surface area contributed by atoms with Crippen LogP contribution in [0.4, 0.5) is 5.82 Å². The summed E-state index contributed by atoms with van der Waals surface area (Å²) in [5.74, 6) is 0.781. The van der Waals surface area contributed by atoms with Crippen LogP contribution in [-0.4, -0.2) is 47.4 Å². The lowest BCUT2D eigenvalue weighted by atomic mass is 9.99. The third-order valence-corrected chi connectivity index (χ3v) is 4.73. The van der Waals surface area contributed by atoms with E-state index in [9.17, 15) is 4.79 Å². The smallest absolute Gasteiger partial charge is 0.154 e. The molecule has 114 valence electrons. The molecule has 21 heavy (non-hydrogen) atoms. The third-order valence-electron chi connectivity index (χ3n) is 4.73. The van der Waals surface area contributed by atoms with Crippen LogP contribution >= 0.6 is 0 Å². The van der Waals surface area contributed by atoms with Gasteiger partial charge in [0.2, 0.25) is 0 Å². The van der Waals surface area contributed by atoms with Crippen LogP contribution in [0.15, 0.2) is 18.3 Å². The molecule has 2 aliphatic heterocycles. The van der Waals surface area contributed by atoms with Gasteiger partial charge in [-0.1, -0.05) is 6.07 Å². The van der Waals surface area contributed by atoms with Crippen molar-refractivity contribution in [2.45, 2.75) is 44.2 Å². The van der Waals surface area contributed by atoms with Gasteiger partial charge in [-0.2, -0.15) is 0 Å². The Bertz CT molecular complexity index is 499. The Balaban J connectivity index is 1.67. The van der Waals surface area contributed by atoms with Gasteiger partial charge >= 0.3 is 0 Å². The number of rotatable bonds is 4. The van der Waals surface area contributed by atoms with Crippen molar-refractivity contribution >= 4 is 11.6 Å². The topological polar surface area (TPSA) is 71.2 Å². The van der Waals surface area contributed by atoms with Gasteiger partial charge < -0.3 is 11.1 Å². The van der Waals surface area contributed by atoms with Gasteiger partial charge in [0.25, 0.3) is 0 Å². The predicted octanol–water partition coefficient (Wildman–Crippen LogP) is 0.992. The Morgan fingerprint density at radius 3 is 2.95 bits per heavy atom. The maximum atomic E-state index is 12.7. The number of aromatic nitrogens is 1.